The zero-order valence-electron chi connectivity index (χ0n) is 20.6. The number of sulfonamides is 1. The molecule has 0 fully saturated rings. The van der Waals surface area contributed by atoms with Gasteiger partial charge in [-0.2, -0.15) is 0 Å². The number of benzene rings is 3. The van der Waals surface area contributed by atoms with Crippen LogP contribution < -0.4 is 9.62 Å². The molecule has 2 amide bonds. The Morgan fingerprint density at radius 2 is 1.68 bits per heavy atom. The summed E-state index contributed by atoms with van der Waals surface area (Å²) in [6.45, 7) is 3.62. The highest BCUT2D eigenvalue weighted by Gasteiger charge is 2.32. The number of hydrogen-bond acceptors (Lipinski definition) is 4. The number of nitrogens with zero attached hydrogens (tertiary/aromatic N) is 2. The van der Waals surface area contributed by atoms with Gasteiger partial charge in [0.25, 0.3) is 10.0 Å². The zero-order chi connectivity index (χ0) is 27.0. The van der Waals surface area contributed by atoms with E-state index >= 15 is 0 Å². The van der Waals surface area contributed by atoms with Gasteiger partial charge in [-0.25, -0.2) is 8.42 Å². The largest absolute Gasteiger partial charge is 0.354 e. The van der Waals surface area contributed by atoms with Gasteiger partial charge in [-0.15, -0.1) is 0 Å². The number of rotatable bonds is 11. The van der Waals surface area contributed by atoms with E-state index in [-0.39, 0.29) is 17.3 Å². The molecule has 3 rings (SSSR count). The number of hydrogen-bond donors (Lipinski definition) is 1. The molecule has 0 bridgehead atoms. The van der Waals surface area contributed by atoms with E-state index in [0.29, 0.717) is 17.3 Å². The summed E-state index contributed by atoms with van der Waals surface area (Å²) < 4.78 is 29.2. The predicted octanol–water partition coefficient (Wildman–Crippen LogP) is 5.24. The molecule has 0 aliphatic carbocycles. The summed E-state index contributed by atoms with van der Waals surface area (Å²) in [5.41, 5.74) is 1.04. The SMILES string of the molecule is CCCNC(=O)C(C)N(Cc1cccc(Cl)c1)C(=O)CN(c1ccc(Br)cc1)S(=O)(=O)c1ccccc1. The molecule has 3 aromatic rings. The molecule has 10 heteroatoms. The van der Waals surface area contributed by atoms with Crippen LogP contribution in [0.5, 0.6) is 0 Å². The van der Waals surface area contributed by atoms with Crippen LogP contribution >= 0.6 is 27.5 Å². The van der Waals surface area contributed by atoms with Crippen LogP contribution in [-0.4, -0.2) is 44.3 Å². The lowest BCUT2D eigenvalue weighted by atomic mass is 10.1. The molecule has 0 saturated carbocycles. The Kier molecular flexibility index (Phi) is 10.1. The Bertz CT molecular complexity index is 1320. The highest BCUT2D eigenvalue weighted by atomic mass is 79.9. The van der Waals surface area contributed by atoms with Gasteiger partial charge in [0.1, 0.15) is 12.6 Å². The Morgan fingerprint density at radius 1 is 1.00 bits per heavy atom. The molecule has 1 unspecified atom stereocenters. The summed E-state index contributed by atoms with van der Waals surface area (Å²) in [4.78, 5) is 28.1. The predicted molar refractivity (Wildman–Crippen MR) is 150 cm³/mol. The van der Waals surface area contributed by atoms with E-state index in [1.807, 2.05) is 6.92 Å². The van der Waals surface area contributed by atoms with Gasteiger partial charge in [0.15, 0.2) is 0 Å². The van der Waals surface area contributed by atoms with E-state index in [1.54, 1.807) is 73.7 Å². The van der Waals surface area contributed by atoms with Crippen molar-refractivity contribution in [2.24, 2.45) is 0 Å². The zero-order valence-corrected chi connectivity index (χ0v) is 23.8. The molecule has 1 atom stereocenters. The fraction of sp³-hybridized carbons (Fsp3) is 0.259. The molecule has 7 nitrogen and oxygen atoms in total. The standard InChI is InChI=1S/C27H29BrClN3O4S/c1-3-16-30-27(34)20(2)31(18-21-8-7-9-23(29)17-21)26(33)19-32(24-14-12-22(28)13-15-24)37(35,36)25-10-5-4-6-11-25/h4-15,17,20H,3,16,18-19H2,1-2H3,(H,30,34). The quantitative estimate of drug-likeness (QED) is 0.323. The van der Waals surface area contributed by atoms with Crippen LogP contribution in [0.2, 0.25) is 5.02 Å². The molecule has 0 radical (unpaired) electrons. The molecular weight excluding hydrogens is 578 g/mol. The molecular formula is C27H29BrClN3O4S. The van der Waals surface area contributed by atoms with Crippen LogP contribution in [-0.2, 0) is 26.2 Å². The lowest BCUT2D eigenvalue weighted by Gasteiger charge is -2.32. The van der Waals surface area contributed by atoms with Gasteiger partial charge in [-0.1, -0.05) is 64.8 Å². The van der Waals surface area contributed by atoms with Crippen molar-refractivity contribution in [3.05, 3.63) is 93.9 Å². The Hall–Kier alpha value is -2.88. The normalized spacial score (nSPS) is 12.0. The first-order valence-corrected chi connectivity index (χ1v) is 14.4. The molecule has 0 spiro atoms. The van der Waals surface area contributed by atoms with E-state index in [0.717, 1.165) is 20.8 Å². The topological polar surface area (TPSA) is 86.8 Å². The summed E-state index contributed by atoms with van der Waals surface area (Å²) >= 11 is 9.51. The van der Waals surface area contributed by atoms with Crippen LogP contribution in [0, 0.1) is 0 Å². The van der Waals surface area contributed by atoms with E-state index < -0.39 is 28.5 Å². The number of anilines is 1. The maximum Gasteiger partial charge on any atom is 0.264 e. The highest BCUT2D eigenvalue weighted by molar-refractivity contribution is 9.10. The van der Waals surface area contributed by atoms with Crippen molar-refractivity contribution in [1.82, 2.24) is 10.2 Å². The number of carbonyl (C=O) groups is 2. The Morgan fingerprint density at radius 3 is 2.30 bits per heavy atom. The van der Waals surface area contributed by atoms with Crippen molar-refractivity contribution >= 4 is 55.1 Å². The molecule has 1 N–H and O–H groups in total. The third-order valence-corrected chi connectivity index (χ3v) is 8.23. The monoisotopic (exact) mass is 605 g/mol. The fourth-order valence-corrected chi connectivity index (χ4v) is 5.58. The molecule has 196 valence electrons. The third kappa shape index (κ3) is 7.56. The van der Waals surface area contributed by atoms with Crippen molar-refractivity contribution in [2.75, 3.05) is 17.4 Å². The van der Waals surface area contributed by atoms with E-state index in [1.165, 1.54) is 17.0 Å². The van der Waals surface area contributed by atoms with Gasteiger partial charge >= 0.3 is 0 Å². The summed E-state index contributed by atoms with van der Waals surface area (Å²) in [7, 11) is -4.09. The molecule has 0 heterocycles. The van der Waals surface area contributed by atoms with E-state index in [2.05, 4.69) is 21.2 Å². The average molecular weight is 607 g/mol. The van der Waals surface area contributed by atoms with Crippen LogP contribution in [0.1, 0.15) is 25.8 Å². The molecule has 37 heavy (non-hydrogen) atoms. The molecule has 0 aromatic heterocycles. The lowest BCUT2D eigenvalue weighted by Crippen LogP contribution is -2.51. The number of nitrogens with one attached hydrogen (secondary N) is 1. The minimum absolute atomic E-state index is 0.0563. The van der Waals surface area contributed by atoms with Gasteiger partial charge in [-0.05, 0) is 67.4 Å². The Balaban J connectivity index is 2.00. The molecule has 0 aliphatic rings. The second kappa shape index (κ2) is 13.1. The Labute approximate surface area is 231 Å². The van der Waals surface area contributed by atoms with Gasteiger partial charge in [-0.3, -0.25) is 13.9 Å². The van der Waals surface area contributed by atoms with E-state index in [4.69, 9.17) is 11.6 Å². The molecule has 3 aromatic carbocycles. The van der Waals surface area contributed by atoms with Crippen molar-refractivity contribution in [3.63, 3.8) is 0 Å². The number of carbonyl (C=O) groups excluding carboxylic acids is 2. The van der Waals surface area contributed by atoms with Crippen LogP contribution in [0.15, 0.2) is 88.2 Å². The maximum absolute atomic E-state index is 13.8. The molecule has 0 aliphatic heterocycles. The van der Waals surface area contributed by atoms with Gasteiger partial charge in [0.05, 0.1) is 10.6 Å². The van der Waals surface area contributed by atoms with Gasteiger partial charge in [0, 0.05) is 22.6 Å². The van der Waals surface area contributed by atoms with Crippen molar-refractivity contribution in [1.29, 1.82) is 0 Å². The molecule has 0 saturated heterocycles. The first-order valence-electron chi connectivity index (χ1n) is 11.8. The smallest absolute Gasteiger partial charge is 0.264 e. The minimum Gasteiger partial charge on any atom is -0.354 e. The lowest BCUT2D eigenvalue weighted by molar-refractivity contribution is -0.139. The summed E-state index contributed by atoms with van der Waals surface area (Å²) in [5.74, 6) is -0.847. The summed E-state index contributed by atoms with van der Waals surface area (Å²) in [6.07, 6.45) is 0.743. The first-order chi connectivity index (χ1) is 17.6. The minimum atomic E-state index is -4.09. The van der Waals surface area contributed by atoms with Crippen LogP contribution in [0.3, 0.4) is 0 Å². The average Bonchev–Trinajstić information content (AvgIpc) is 2.89. The summed E-state index contributed by atoms with van der Waals surface area (Å²) in [6, 6.07) is 20.7. The number of halogens is 2. The highest BCUT2D eigenvalue weighted by Crippen LogP contribution is 2.26. The fourth-order valence-electron chi connectivity index (χ4n) is 3.67. The van der Waals surface area contributed by atoms with Gasteiger partial charge in [0.2, 0.25) is 11.8 Å². The second-order valence-electron chi connectivity index (χ2n) is 8.42. The third-order valence-electron chi connectivity index (χ3n) is 5.68. The maximum atomic E-state index is 13.8. The first kappa shape index (κ1) is 28.7. The number of amides is 2. The van der Waals surface area contributed by atoms with Crippen molar-refractivity contribution < 1.29 is 18.0 Å². The second-order valence-corrected chi connectivity index (χ2v) is 11.6. The van der Waals surface area contributed by atoms with Crippen LogP contribution in [0.25, 0.3) is 0 Å². The van der Waals surface area contributed by atoms with Crippen molar-refractivity contribution in [2.45, 2.75) is 37.8 Å². The van der Waals surface area contributed by atoms with Crippen molar-refractivity contribution in [3.8, 4) is 0 Å². The van der Waals surface area contributed by atoms with Crippen LogP contribution in [0.4, 0.5) is 5.69 Å². The van der Waals surface area contributed by atoms with E-state index in [9.17, 15) is 18.0 Å². The summed E-state index contributed by atoms with van der Waals surface area (Å²) in [5, 5.41) is 3.31. The van der Waals surface area contributed by atoms with Gasteiger partial charge < -0.3 is 10.2 Å².